The summed E-state index contributed by atoms with van der Waals surface area (Å²) in [5.74, 6) is -0.450. The maximum absolute atomic E-state index is 11.1. The average molecular weight is 184 g/mol. The molecule has 0 saturated heterocycles. The highest BCUT2D eigenvalue weighted by atomic mass is 16.5. The lowest BCUT2D eigenvalue weighted by Crippen LogP contribution is -2.42. The number of H-pyrrole nitrogens is 1. The van der Waals surface area contributed by atoms with Crippen LogP contribution in [0, 0.1) is 0 Å². The highest BCUT2D eigenvalue weighted by Gasteiger charge is 2.27. The van der Waals surface area contributed by atoms with E-state index in [1.807, 2.05) is 0 Å². The summed E-state index contributed by atoms with van der Waals surface area (Å²) in [7, 11) is 0. The van der Waals surface area contributed by atoms with Crippen LogP contribution in [0.15, 0.2) is 9.32 Å². The fraction of sp³-hybridized carbons (Fsp3) is 0.429. The van der Waals surface area contributed by atoms with E-state index in [0.29, 0.717) is 11.3 Å². The van der Waals surface area contributed by atoms with E-state index in [0.717, 1.165) is 0 Å². The third-order valence-corrected chi connectivity index (χ3v) is 2.09. The molecule has 3 N–H and O–H groups in total. The second kappa shape index (κ2) is 2.74. The molecule has 6 nitrogen and oxygen atoms in total. The Hall–Kier alpha value is -1.56. The van der Waals surface area contributed by atoms with Crippen molar-refractivity contribution >= 4 is 5.97 Å². The van der Waals surface area contributed by atoms with Crippen molar-refractivity contribution in [2.45, 2.75) is 19.0 Å². The van der Waals surface area contributed by atoms with Crippen LogP contribution in [0.25, 0.3) is 0 Å². The van der Waals surface area contributed by atoms with Crippen molar-refractivity contribution in [1.82, 2.24) is 10.5 Å². The zero-order chi connectivity index (χ0) is 9.42. The minimum atomic E-state index is -0.953. The summed E-state index contributed by atoms with van der Waals surface area (Å²) in [6.45, 7) is 0.283. The molecule has 2 rings (SSSR count). The van der Waals surface area contributed by atoms with Crippen LogP contribution >= 0.6 is 0 Å². The fourth-order valence-corrected chi connectivity index (χ4v) is 1.37. The van der Waals surface area contributed by atoms with Crippen molar-refractivity contribution in [3.63, 3.8) is 0 Å². The number of fused-ring (bicyclic) bond motifs is 1. The van der Waals surface area contributed by atoms with Crippen LogP contribution in [0.3, 0.4) is 0 Å². The first-order valence-corrected chi connectivity index (χ1v) is 3.84. The molecule has 1 aromatic heterocycles. The summed E-state index contributed by atoms with van der Waals surface area (Å²) < 4.78 is 4.82. The van der Waals surface area contributed by atoms with Gasteiger partial charge in [0.1, 0.15) is 6.04 Å². The predicted octanol–water partition coefficient (Wildman–Crippen LogP) is -0.933. The van der Waals surface area contributed by atoms with Crippen LogP contribution < -0.4 is 10.9 Å². The minimum absolute atomic E-state index is 0.177. The Bertz CT molecular complexity index is 391. The van der Waals surface area contributed by atoms with Gasteiger partial charge < -0.3 is 9.63 Å². The van der Waals surface area contributed by atoms with Crippen molar-refractivity contribution < 1.29 is 14.4 Å². The van der Waals surface area contributed by atoms with Crippen molar-refractivity contribution in [2.75, 3.05) is 0 Å². The van der Waals surface area contributed by atoms with Gasteiger partial charge in [-0.2, -0.15) is 5.16 Å². The van der Waals surface area contributed by atoms with Gasteiger partial charge >= 0.3 is 5.97 Å². The van der Waals surface area contributed by atoms with E-state index in [9.17, 15) is 9.59 Å². The van der Waals surface area contributed by atoms with E-state index in [4.69, 9.17) is 9.63 Å². The molecular formula is C7H8N2O4. The minimum Gasteiger partial charge on any atom is -0.480 e. The lowest BCUT2D eigenvalue weighted by molar-refractivity contribution is -0.139. The van der Waals surface area contributed by atoms with E-state index in [2.05, 4.69) is 10.5 Å². The number of hydrogen-bond donors (Lipinski definition) is 3. The van der Waals surface area contributed by atoms with Gasteiger partial charge in [-0.25, -0.2) is 0 Å². The average Bonchev–Trinajstić information content (AvgIpc) is 2.47. The summed E-state index contributed by atoms with van der Waals surface area (Å²) in [5, 5.41) is 13.6. The molecule has 0 radical (unpaired) electrons. The number of rotatable bonds is 1. The molecule has 0 aliphatic carbocycles. The molecule has 0 bridgehead atoms. The summed E-state index contributed by atoms with van der Waals surface area (Å²) in [6, 6.07) is -0.689. The second-order valence-corrected chi connectivity index (χ2v) is 2.91. The quantitative estimate of drug-likeness (QED) is 0.524. The highest BCUT2D eigenvalue weighted by molar-refractivity contribution is 5.74. The Morgan fingerprint density at radius 1 is 1.62 bits per heavy atom. The lowest BCUT2D eigenvalue weighted by atomic mass is 10.0. The van der Waals surface area contributed by atoms with Crippen LogP contribution in [0.5, 0.6) is 0 Å². The third kappa shape index (κ3) is 1.25. The molecule has 1 aliphatic heterocycles. The monoisotopic (exact) mass is 184 g/mol. The van der Waals surface area contributed by atoms with Crippen molar-refractivity contribution in [3.8, 4) is 0 Å². The first-order valence-electron chi connectivity index (χ1n) is 3.84. The van der Waals surface area contributed by atoms with Crippen molar-refractivity contribution in [2.24, 2.45) is 0 Å². The molecular weight excluding hydrogens is 176 g/mol. The Morgan fingerprint density at radius 2 is 2.38 bits per heavy atom. The molecule has 2 heterocycles. The summed E-state index contributed by atoms with van der Waals surface area (Å²) in [5.41, 5.74) is 0.105. The molecule has 13 heavy (non-hydrogen) atoms. The van der Waals surface area contributed by atoms with Gasteiger partial charge in [-0.15, -0.1) is 0 Å². The van der Waals surface area contributed by atoms with Crippen LogP contribution in [0.4, 0.5) is 0 Å². The zero-order valence-corrected chi connectivity index (χ0v) is 6.66. The number of hydrogen-bond acceptors (Lipinski definition) is 4. The van der Waals surface area contributed by atoms with Crippen LogP contribution in [-0.2, 0) is 17.8 Å². The molecule has 1 aromatic rings. The van der Waals surface area contributed by atoms with Crippen LogP contribution in [0.2, 0.25) is 0 Å². The number of carboxylic acids is 1. The number of carbonyl (C=O) groups is 1. The number of aromatic amines is 1. The largest absolute Gasteiger partial charge is 0.480 e. The maximum Gasteiger partial charge on any atom is 0.321 e. The molecule has 0 amide bonds. The molecule has 1 aliphatic rings. The van der Waals surface area contributed by atoms with Gasteiger partial charge in [-0.3, -0.25) is 14.9 Å². The van der Waals surface area contributed by atoms with Gasteiger partial charge in [0.15, 0.2) is 5.76 Å². The first-order chi connectivity index (χ1) is 6.18. The van der Waals surface area contributed by atoms with Crippen molar-refractivity contribution in [3.05, 3.63) is 21.7 Å². The molecule has 0 saturated carbocycles. The van der Waals surface area contributed by atoms with Gasteiger partial charge in [0, 0.05) is 6.42 Å². The summed E-state index contributed by atoms with van der Waals surface area (Å²) in [6.07, 6.45) is 0.177. The summed E-state index contributed by atoms with van der Waals surface area (Å²) in [4.78, 5) is 21.7. The van der Waals surface area contributed by atoms with Gasteiger partial charge in [0.2, 0.25) is 0 Å². The Kier molecular flexibility index (Phi) is 1.70. The second-order valence-electron chi connectivity index (χ2n) is 2.91. The molecule has 0 aromatic carbocycles. The molecule has 0 spiro atoms. The van der Waals surface area contributed by atoms with E-state index in [-0.39, 0.29) is 18.5 Å². The Morgan fingerprint density at radius 3 is 3.08 bits per heavy atom. The normalized spacial score (nSPS) is 21.1. The van der Waals surface area contributed by atoms with E-state index < -0.39 is 12.0 Å². The highest BCUT2D eigenvalue weighted by Crippen LogP contribution is 2.11. The standard InChI is InChI=1S/C7H8N2O4/c10-6-3-1-4(7(11)12)8-2-5(3)13-9-6/h4,8H,1-2H2,(H,9,10)(H,11,12)/t4-/m0/s1. The smallest absolute Gasteiger partial charge is 0.321 e. The van der Waals surface area contributed by atoms with Gasteiger partial charge in [0.05, 0.1) is 12.1 Å². The third-order valence-electron chi connectivity index (χ3n) is 2.09. The first kappa shape index (κ1) is 8.06. The fourth-order valence-electron chi connectivity index (χ4n) is 1.37. The lowest BCUT2D eigenvalue weighted by Gasteiger charge is -2.17. The van der Waals surface area contributed by atoms with E-state index >= 15 is 0 Å². The van der Waals surface area contributed by atoms with Gasteiger partial charge in [-0.1, -0.05) is 0 Å². The topological polar surface area (TPSA) is 95.3 Å². The zero-order valence-electron chi connectivity index (χ0n) is 6.66. The van der Waals surface area contributed by atoms with E-state index in [1.54, 1.807) is 0 Å². The number of aromatic nitrogens is 1. The van der Waals surface area contributed by atoms with Gasteiger partial charge in [0.25, 0.3) is 5.56 Å². The molecule has 0 unspecified atom stereocenters. The molecule has 6 heteroatoms. The summed E-state index contributed by atoms with van der Waals surface area (Å²) >= 11 is 0. The number of aliphatic carboxylic acids is 1. The Labute approximate surface area is 72.5 Å². The molecule has 0 fully saturated rings. The van der Waals surface area contributed by atoms with Crippen molar-refractivity contribution in [1.29, 1.82) is 0 Å². The maximum atomic E-state index is 11.1. The predicted molar refractivity (Wildman–Crippen MR) is 41.3 cm³/mol. The van der Waals surface area contributed by atoms with Crippen LogP contribution in [0.1, 0.15) is 11.3 Å². The number of carboxylic acid groups (broad SMARTS) is 1. The van der Waals surface area contributed by atoms with Gasteiger partial charge in [-0.05, 0) is 0 Å². The van der Waals surface area contributed by atoms with E-state index in [1.165, 1.54) is 0 Å². The Balaban J connectivity index is 2.33. The SMILES string of the molecule is O=C(O)[C@@H]1Cc2c(o[nH]c2=O)CN1. The van der Waals surface area contributed by atoms with Crippen LogP contribution in [-0.4, -0.2) is 22.3 Å². The molecule has 1 atom stereocenters. The molecule has 70 valence electrons. The number of nitrogens with one attached hydrogen (secondary N) is 2.